The first-order valence-electron chi connectivity index (χ1n) is 5.60. The van der Waals surface area contributed by atoms with Crippen molar-refractivity contribution < 1.29 is 4.74 Å². The number of rotatable bonds is 6. The second kappa shape index (κ2) is 6.40. The van der Waals surface area contributed by atoms with Crippen LogP contribution >= 0.6 is 0 Å². The van der Waals surface area contributed by atoms with E-state index in [1.54, 1.807) is 6.20 Å². The molecule has 1 N–H and O–H groups in total. The minimum atomic E-state index is 0.349. The molecule has 0 saturated carbocycles. The smallest absolute Gasteiger partial charge is 0.213 e. The van der Waals surface area contributed by atoms with E-state index in [1.807, 2.05) is 12.1 Å². The zero-order valence-corrected chi connectivity index (χ0v) is 9.79. The number of nitrogens with one attached hydrogen (secondary N) is 1. The van der Waals surface area contributed by atoms with Crippen LogP contribution in [0, 0.1) is 0 Å². The van der Waals surface area contributed by atoms with Crippen molar-refractivity contribution in [3.63, 3.8) is 0 Å². The second-order valence-corrected chi connectivity index (χ2v) is 3.56. The number of nitrogens with zero attached hydrogens (tertiary/aromatic N) is 1. The zero-order chi connectivity index (χ0) is 11.1. The Morgan fingerprint density at radius 2 is 2.27 bits per heavy atom. The predicted molar refractivity (Wildman–Crippen MR) is 62.1 cm³/mol. The average Bonchev–Trinajstić information content (AvgIpc) is 2.27. The van der Waals surface area contributed by atoms with E-state index in [1.165, 1.54) is 5.56 Å². The standard InChI is InChI=1S/C12H20N2O/c1-4-8-15-12-9-11(6-7-14-12)10(3)13-5-2/h6-7,9-10,13H,4-5,8H2,1-3H3. The third kappa shape index (κ3) is 3.88. The molecule has 1 unspecified atom stereocenters. The fourth-order valence-corrected chi connectivity index (χ4v) is 1.40. The Balaban J connectivity index is 2.64. The molecule has 3 heteroatoms. The molecule has 0 saturated heterocycles. The van der Waals surface area contributed by atoms with Crippen LogP contribution in [0.15, 0.2) is 18.3 Å². The van der Waals surface area contributed by atoms with Gasteiger partial charge in [0.2, 0.25) is 5.88 Å². The van der Waals surface area contributed by atoms with E-state index in [4.69, 9.17) is 4.74 Å². The topological polar surface area (TPSA) is 34.1 Å². The van der Waals surface area contributed by atoms with Crippen LogP contribution in [-0.2, 0) is 0 Å². The van der Waals surface area contributed by atoms with E-state index in [-0.39, 0.29) is 0 Å². The van der Waals surface area contributed by atoms with Crippen LogP contribution in [0.2, 0.25) is 0 Å². The third-order valence-electron chi connectivity index (χ3n) is 2.22. The molecule has 1 atom stereocenters. The maximum atomic E-state index is 5.49. The van der Waals surface area contributed by atoms with Crippen molar-refractivity contribution in [2.24, 2.45) is 0 Å². The number of aromatic nitrogens is 1. The summed E-state index contributed by atoms with van der Waals surface area (Å²) in [6, 6.07) is 4.37. The van der Waals surface area contributed by atoms with E-state index in [9.17, 15) is 0 Å². The van der Waals surface area contributed by atoms with Gasteiger partial charge < -0.3 is 10.1 Å². The molecule has 1 aromatic rings. The van der Waals surface area contributed by atoms with Crippen molar-refractivity contribution in [2.75, 3.05) is 13.2 Å². The molecular formula is C12H20N2O. The summed E-state index contributed by atoms with van der Waals surface area (Å²) in [5.74, 6) is 0.721. The van der Waals surface area contributed by atoms with Crippen LogP contribution in [0.1, 0.15) is 38.8 Å². The van der Waals surface area contributed by atoms with Crippen LogP contribution in [-0.4, -0.2) is 18.1 Å². The van der Waals surface area contributed by atoms with Crippen molar-refractivity contribution in [1.82, 2.24) is 10.3 Å². The highest BCUT2D eigenvalue weighted by Gasteiger charge is 2.05. The van der Waals surface area contributed by atoms with E-state index in [2.05, 4.69) is 31.1 Å². The Hall–Kier alpha value is -1.09. The van der Waals surface area contributed by atoms with Gasteiger partial charge in [-0.1, -0.05) is 13.8 Å². The van der Waals surface area contributed by atoms with Crippen LogP contribution in [0.3, 0.4) is 0 Å². The van der Waals surface area contributed by atoms with Crippen molar-refractivity contribution in [1.29, 1.82) is 0 Å². The monoisotopic (exact) mass is 208 g/mol. The fourth-order valence-electron chi connectivity index (χ4n) is 1.40. The first-order chi connectivity index (χ1) is 7.27. The summed E-state index contributed by atoms with van der Waals surface area (Å²) < 4.78 is 5.49. The van der Waals surface area contributed by atoms with Gasteiger partial charge in [0.25, 0.3) is 0 Å². The van der Waals surface area contributed by atoms with Crippen LogP contribution in [0.5, 0.6) is 5.88 Å². The Labute approximate surface area is 91.9 Å². The molecule has 0 aliphatic heterocycles. The lowest BCUT2D eigenvalue weighted by Gasteiger charge is -2.13. The first kappa shape index (κ1) is 12.0. The van der Waals surface area contributed by atoms with Crippen molar-refractivity contribution in [3.05, 3.63) is 23.9 Å². The van der Waals surface area contributed by atoms with E-state index < -0.39 is 0 Å². The molecule has 15 heavy (non-hydrogen) atoms. The molecule has 84 valence electrons. The zero-order valence-electron chi connectivity index (χ0n) is 9.79. The van der Waals surface area contributed by atoms with E-state index in [0.29, 0.717) is 6.04 Å². The van der Waals surface area contributed by atoms with Gasteiger partial charge in [-0.3, -0.25) is 0 Å². The largest absolute Gasteiger partial charge is 0.478 e. The van der Waals surface area contributed by atoms with E-state index >= 15 is 0 Å². The van der Waals surface area contributed by atoms with Gasteiger partial charge >= 0.3 is 0 Å². The van der Waals surface area contributed by atoms with Crippen molar-refractivity contribution in [3.8, 4) is 5.88 Å². The van der Waals surface area contributed by atoms with Crippen LogP contribution in [0.4, 0.5) is 0 Å². The minimum absolute atomic E-state index is 0.349. The highest BCUT2D eigenvalue weighted by atomic mass is 16.5. The summed E-state index contributed by atoms with van der Waals surface area (Å²) >= 11 is 0. The summed E-state index contributed by atoms with van der Waals surface area (Å²) in [6.45, 7) is 8.03. The number of pyridine rings is 1. The minimum Gasteiger partial charge on any atom is -0.478 e. The number of hydrogen-bond donors (Lipinski definition) is 1. The average molecular weight is 208 g/mol. The lowest BCUT2D eigenvalue weighted by molar-refractivity contribution is 0.304. The summed E-state index contributed by atoms with van der Waals surface area (Å²) in [6.07, 6.45) is 2.81. The van der Waals surface area contributed by atoms with Gasteiger partial charge in [-0.15, -0.1) is 0 Å². The molecule has 0 amide bonds. The second-order valence-electron chi connectivity index (χ2n) is 3.56. The van der Waals surface area contributed by atoms with Gasteiger partial charge in [0, 0.05) is 18.3 Å². The molecule has 1 aromatic heterocycles. The molecule has 0 spiro atoms. The quantitative estimate of drug-likeness (QED) is 0.780. The molecule has 1 heterocycles. The van der Waals surface area contributed by atoms with Crippen LogP contribution < -0.4 is 10.1 Å². The lowest BCUT2D eigenvalue weighted by Crippen LogP contribution is -2.17. The van der Waals surface area contributed by atoms with Gasteiger partial charge in [-0.05, 0) is 31.5 Å². The van der Waals surface area contributed by atoms with Crippen LogP contribution in [0.25, 0.3) is 0 Å². The normalized spacial score (nSPS) is 12.5. The fraction of sp³-hybridized carbons (Fsp3) is 0.583. The van der Waals surface area contributed by atoms with Gasteiger partial charge in [0.05, 0.1) is 6.61 Å². The Bertz CT molecular complexity index is 289. The maximum absolute atomic E-state index is 5.49. The molecule has 0 aromatic carbocycles. The lowest BCUT2D eigenvalue weighted by atomic mass is 10.1. The molecule has 0 radical (unpaired) electrons. The SMILES string of the molecule is CCCOc1cc(C(C)NCC)ccn1. The summed E-state index contributed by atoms with van der Waals surface area (Å²) in [4.78, 5) is 4.17. The molecule has 3 nitrogen and oxygen atoms in total. The van der Waals surface area contributed by atoms with Crippen molar-refractivity contribution in [2.45, 2.75) is 33.2 Å². The number of hydrogen-bond acceptors (Lipinski definition) is 3. The molecule has 0 bridgehead atoms. The third-order valence-corrected chi connectivity index (χ3v) is 2.22. The Morgan fingerprint density at radius 1 is 1.47 bits per heavy atom. The Morgan fingerprint density at radius 3 is 2.93 bits per heavy atom. The van der Waals surface area contributed by atoms with Gasteiger partial charge in [-0.2, -0.15) is 0 Å². The number of ether oxygens (including phenoxy) is 1. The predicted octanol–water partition coefficient (Wildman–Crippen LogP) is 2.54. The van der Waals surface area contributed by atoms with Gasteiger partial charge in [0.1, 0.15) is 0 Å². The first-order valence-corrected chi connectivity index (χ1v) is 5.60. The van der Waals surface area contributed by atoms with Crippen molar-refractivity contribution >= 4 is 0 Å². The van der Waals surface area contributed by atoms with Gasteiger partial charge in [-0.25, -0.2) is 4.98 Å². The highest BCUT2D eigenvalue weighted by molar-refractivity contribution is 5.23. The molecule has 0 aliphatic carbocycles. The molecular weight excluding hydrogens is 188 g/mol. The van der Waals surface area contributed by atoms with E-state index in [0.717, 1.165) is 25.5 Å². The highest BCUT2D eigenvalue weighted by Crippen LogP contribution is 2.16. The molecule has 0 aliphatic rings. The summed E-state index contributed by atoms with van der Waals surface area (Å²) in [5.41, 5.74) is 1.22. The summed E-state index contributed by atoms with van der Waals surface area (Å²) in [7, 11) is 0. The maximum Gasteiger partial charge on any atom is 0.213 e. The van der Waals surface area contributed by atoms with Gasteiger partial charge in [0.15, 0.2) is 0 Å². The summed E-state index contributed by atoms with van der Waals surface area (Å²) in [5, 5.41) is 3.36. The molecule has 0 fully saturated rings. The molecule has 1 rings (SSSR count). The Kier molecular flexibility index (Phi) is 5.12.